The first-order valence-electron chi connectivity index (χ1n) is 6.02. The summed E-state index contributed by atoms with van der Waals surface area (Å²) in [7, 11) is 0. The molecule has 2 nitrogen and oxygen atoms in total. The molecule has 1 aromatic carbocycles. The highest BCUT2D eigenvalue weighted by Crippen LogP contribution is 2.17. The lowest BCUT2D eigenvalue weighted by molar-refractivity contribution is 0.242. The minimum absolute atomic E-state index is 0.192. The Morgan fingerprint density at radius 3 is 2.33 bits per heavy atom. The molecule has 0 bridgehead atoms. The van der Waals surface area contributed by atoms with Crippen molar-refractivity contribution in [2.75, 3.05) is 0 Å². The first kappa shape index (κ1) is 12.8. The fourth-order valence-corrected chi connectivity index (χ4v) is 1.98. The van der Waals surface area contributed by atoms with Crippen LogP contribution in [0.25, 0.3) is 5.69 Å². The van der Waals surface area contributed by atoms with Gasteiger partial charge in [0.15, 0.2) is 0 Å². The maximum atomic E-state index is 5.62. The molecule has 94 valence electrons. The Kier molecular flexibility index (Phi) is 3.82. The minimum atomic E-state index is 0.192. The molecule has 0 aliphatic rings. The van der Waals surface area contributed by atoms with Crippen molar-refractivity contribution in [1.82, 2.24) is 4.57 Å². The second-order valence-electron chi connectivity index (χ2n) is 4.58. The van der Waals surface area contributed by atoms with Crippen LogP contribution in [0.15, 0.2) is 42.6 Å². The third-order valence-corrected chi connectivity index (χ3v) is 2.88. The van der Waals surface area contributed by atoms with Gasteiger partial charge in [-0.1, -0.05) is 18.3 Å². The fourth-order valence-electron chi connectivity index (χ4n) is 1.75. The second-order valence-corrected chi connectivity index (χ2v) is 4.99. The zero-order valence-electron chi connectivity index (χ0n) is 10.9. The third kappa shape index (κ3) is 2.99. The first-order chi connectivity index (χ1) is 8.56. The van der Waals surface area contributed by atoms with Crippen molar-refractivity contribution in [2.24, 2.45) is 0 Å². The van der Waals surface area contributed by atoms with Crippen LogP contribution in [-0.2, 0) is 0 Å². The van der Waals surface area contributed by atoms with Gasteiger partial charge in [-0.15, -0.1) is 0 Å². The Morgan fingerprint density at radius 2 is 1.72 bits per heavy atom. The van der Waals surface area contributed by atoms with Crippen LogP contribution >= 0.6 is 12.2 Å². The topological polar surface area (TPSA) is 14.2 Å². The summed E-state index contributed by atoms with van der Waals surface area (Å²) >= 11 is 5.33. The summed E-state index contributed by atoms with van der Waals surface area (Å²) in [5.74, 6) is 0.882. The maximum Gasteiger partial charge on any atom is 0.119 e. The van der Waals surface area contributed by atoms with E-state index in [0.717, 1.165) is 16.1 Å². The Balaban J connectivity index is 2.34. The number of hydrogen-bond acceptors (Lipinski definition) is 2. The van der Waals surface area contributed by atoms with Crippen molar-refractivity contribution in [3.63, 3.8) is 0 Å². The standard InChI is InChI=1S/C15H17NOS/c1-11(2)17-14-7-5-13(6-8-14)16-10-12(3)4-9-15(16)18/h4-11H,1-3H3. The quantitative estimate of drug-likeness (QED) is 0.763. The zero-order valence-corrected chi connectivity index (χ0v) is 11.7. The van der Waals surface area contributed by atoms with Crippen LogP contribution in [0, 0.1) is 11.6 Å². The van der Waals surface area contributed by atoms with Crippen molar-refractivity contribution in [2.45, 2.75) is 26.9 Å². The predicted molar refractivity (Wildman–Crippen MR) is 77.1 cm³/mol. The highest BCUT2D eigenvalue weighted by Gasteiger charge is 2.00. The Bertz CT molecular complexity index is 584. The number of ether oxygens (including phenoxy) is 1. The van der Waals surface area contributed by atoms with Gasteiger partial charge in [-0.25, -0.2) is 0 Å². The van der Waals surface area contributed by atoms with E-state index in [2.05, 4.69) is 6.92 Å². The van der Waals surface area contributed by atoms with E-state index in [1.165, 1.54) is 5.56 Å². The van der Waals surface area contributed by atoms with E-state index in [1.54, 1.807) is 0 Å². The largest absolute Gasteiger partial charge is 0.491 e. The summed E-state index contributed by atoms with van der Waals surface area (Å²) in [6.45, 7) is 6.09. The molecule has 18 heavy (non-hydrogen) atoms. The van der Waals surface area contributed by atoms with Gasteiger partial charge in [-0.3, -0.25) is 0 Å². The molecule has 3 heteroatoms. The Labute approximate surface area is 113 Å². The summed E-state index contributed by atoms with van der Waals surface area (Å²) in [5, 5.41) is 0. The lowest BCUT2D eigenvalue weighted by Crippen LogP contribution is -2.05. The second kappa shape index (κ2) is 5.36. The van der Waals surface area contributed by atoms with E-state index in [1.807, 2.05) is 61.0 Å². The maximum absolute atomic E-state index is 5.62. The third-order valence-electron chi connectivity index (χ3n) is 2.55. The number of benzene rings is 1. The SMILES string of the molecule is Cc1ccc(=S)n(-c2ccc(OC(C)C)cc2)c1. The number of hydrogen-bond donors (Lipinski definition) is 0. The van der Waals surface area contributed by atoms with Crippen LogP contribution < -0.4 is 4.74 Å². The molecular formula is C15H17NOS. The average molecular weight is 259 g/mol. The van der Waals surface area contributed by atoms with Gasteiger partial charge in [0.2, 0.25) is 0 Å². The average Bonchev–Trinajstić information content (AvgIpc) is 2.33. The number of nitrogens with zero attached hydrogens (tertiary/aromatic N) is 1. The molecule has 0 atom stereocenters. The van der Waals surface area contributed by atoms with E-state index >= 15 is 0 Å². The molecule has 0 fully saturated rings. The van der Waals surface area contributed by atoms with E-state index in [0.29, 0.717) is 0 Å². The normalized spacial score (nSPS) is 10.7. The summed E-state index contributed by atoms with van der Waals surface area (Å²) in [6.07, 6.45) is 2.23. The molecule has 0 spiro atoms. The van der Waals surface area contributed by atoms with Crippen molar-refractivity contribution >= 4 is 12.2 Å². The lowest BCUT2D eigenvalue weighted by atomic mass is 10.2. The van der Waals surface area contributed by atoms with Crippen LogP contribution in [0.1, 0.15) is 19.4 Å². The highest BCUT2D eigenvalue weighted by atomic mass is 32.1. The Hall–Kier alpha value is -1.61. The molecule has 0 amide bonds. The summed E-state index contributed by atoms with van der Waals surface area (Å²) in [6, 6.07) is 12.0. The van der Waals surface area contributed by atoms with Gasteiger partial charge in [-0.05, 0) is 56.7 Å². The van der Waals surface area contributed by atoms with Crippen LogP contribution in [0.2, 0.25) is 0 Å². The summed E-state index contributed by atoms with van der Waals surface area (Å²) < 4.78 is 8.43. The molecule has 2 rings (SSSR count). The van der Waals surface area contributed by atoms with Crippen LogP contribution in [0.4, 0.5) is 0 Å². The Morgan fingerprint density at radius 1 is 1.06 bits per heavy atom. The van der Waals surface area contributed by atoms with Gasteiger partial charge >= 0.3 is 0 Å². The minimum Gasteiger partial charge on any atom is -0.491 e. The van der Waals surface area contributed by atoms with E-state index in [9.17, 15) is 0 Å². The van der Waals surface area contributed by atoms with Gasteiger partial charge in [0.25, 0.3) is 0 Å². The molecule has 2 aromatic rings. The smallest absolute Gasteiger partial charge is 0.119 e. The molecule has 0 saturated heterocycles. The van der Waals surface area contributed by atoms with E-state index in [-0.39, 0.29) is 6.10 Å². The fraction of sp³-hybridized carbons (Fsp3) is 0.267. The number of pyridine rings is 1. The summed E-state index contributed by atoms with van der Waals surface area (Å²) in [4.78, 5) is 0. The van der Waals surface area contributed by atoms with Gasteiger partial charge in [0, 0.05) is 11.9 Å². The molecule has 0 saturated carbocycles. The zero-order chi connectivity index (χ0) is 13.1. The molecule has 1 heterocycles. The van der Waals surface area contributed by atoms with Crippen molar-refractivity contribution in [3.8, 4) is 11.4 Å². The van der Waals surface area contributed by atoms with Gasteiger partial charge in [0.05, 0.1) is 6.10 Å². The molecule has 0 aliphatic heterocycles. The van der Waals surface area contributed by atoms with Gasteiger partial charge in [0.1, 0.15) is 10.4 Å². The molecular weight excluding hydrogens is 242 g/mol. The lowest BCUT2D eigenvalue weighted by Gasteiger charge is -2.12. The van der Waals surface area contributed by atoms with Crippen molar-refractivity contribution in [3.05, 3.63) is 52.8 Å². The van der Waals surface area contributed by atoms with Crippen molar-refractivity contribution < 1.29 is 4.74 Å². The first-order valence-corrected chi connectivity index (χ1v) is 6.43. The van der Waals surface area contributed by atoms with Gasteiger partial charge in [-0.2, -0.15) is 0 Å². The highest BCUT2D eigenvalue weighted by molar-refractivity contribution is 7.71. The predicted octanol–water partition coefficient (Wildman–Crippen LogP) is 4.30. The number of aromatic nitrogens is 1. The monoisotopic (exact) mass is 259 g/mol. The van der Waals surface area contributed by atoms with Crippen LogP contribution in [0.3, 0.4) is 0 Å². The molecule has 0 radical (unpaired) electrons. The molecule has 1 aromatic heterocycles. The summed E-state index contributed by atoms with van der Waals surface area (Å²) in [5.41, 5.74) is 2.24. The number of rotatable bonds is 3. The molecule has 0 N–H and O–H groups in total. The van der Waals surface area contributed by atoms with E-state index in [4.69, 9.17) is 17.0 Å². The van der Waals surface area contributed by atoms with Crippen molar-refractivity contribution in [1.29, 1.82) is 0 Å². The van der Waals surface area contributed by atoms with Crippen LogP contribution in [-0.4, -0.2) is 10.7 Å². The number of aryl methyl sites for hydroxylation is 1. The van der Waals surface area contributed by atoms with E-state index < -0.39 is 0 Å². The molecule has 0 unspecified atom stereocenters. The molecule has 0 aliphatic carbocycles. The van der Waals surface area contributed by atoms with Gasteiger partial charge < -0.3 is 9.30 Å². The van der Waals surface area contributed by atoms with Crippen LogP contribution in [0.5, 0.6) is 5.75 Å².